The van der Waals surface area contributed by atoms with E-state index in [9.17, 15) is 9.59 Å². The molecule has 2 aromatic carbocycles. The molecule has 0 bridgehead atoms. The van der Waals surface area contributed by atoms with Crippen LogP contribution in [-0.4, -0.2) is 52.2 Å². The van der Waals surface area contributed by atoms with E-state index in [2.05, 4.69) is 32.2 Å². The van der Waals surface area contributed by atoms with Crippen LogP contribution in [0.3, 0.4) is 0 Å². The Morgan fingerprint density at radius 3 is 2.52 bits per heavy atom. The summed E-state index contributed by atoms with van der Waals surface area (Å²) in [7, 11) is 0. The summed E-state index contributed by atoms with van der Waals surface area (Å²) in [6.45, 7) is 3.78. The molecule has 1 amide bonds. The van der Waals surface area contributed by atoms with Crippen LogP contribution in [-0.2, 0) is 11.3 Å². The molecule has 0 aliphatic carbocycles. The van der Waals surface area contributed by atoms with Crippen molar-refractivity contribution in [1.82, 2.24) is 19.8 Å². The zero-order chi connectivity index (χ0) is 21.4. The van der Waals surface area contributed by atoms with E-state index < -0.39 is 5.54 Å². The number of hydrogen-bond acceptors (Lipinski definition) is 4. The van der Waals surface area contributed by atoms with Crippen LogP contribution in [0.4, 0.5) is 5.69 Å². The number of anilines is 1. The predicted molar refractivity (Wildman–Crippen MR) is 123 cm³/mol. The summed E-state index contributed by atoms with van der Waals surface area (Å²) in [6.07, 6.45) is 2.44. The highest BCUT2D eigenvalue weighted by Gasteiger charge is 2.50. The van der Waals surface area contributed by atoms with Gasteiger partial charge in [-0.25, -0.2) is 4.79 Å². The van der Waals surface area contributed by atoms with Crippen LogP contribution in [0, 0.1) is 0 Å². The Bertz CT molecular complexity index is 1150. The number of likely N-dealkylation sites (tertiary alicyclic amines) is 1. The number of benzene rings is 2. The minimum Gasteiger partial charge on any atom is -0.339 e. The Balaban J connectivity index is 1.22. The fourth-order valence-corrected chi connectivity index (χ4v) is 5.30. The monoisotopic (exact) mass is 439 g/mol. The van der Waals surface area contributed by atoms with Gasteiger partial charge >= 0.3 is 5.69 Å². The van der Waals surface area contributed by atoms with Crippen LogP contribution in [0.1, 0.15) is 19.3 Å². The first-order valence-electron chi connectivity index (χ1n) is 10.8. The maximum atomic E-state index is 12.8. The largest absolute Gasteiger partial charge is 0.339 e. The number of carbonyl (C=O) groups excluding carboxylic acids is 1. The van der Waals surface area contributed by atoms with E-state index >= 15 is 0 Å². The number of amides is 1. The Labute approximate surface area is 185 Å². The Morgan fingerprint density at radius 1 is 0.968 bits per heavy atom. The molecule has 0 radical (unpaired) electrons. The zero-order valence-corrected chi connectivity index (χ0v) is 18.1. The number of carbonyl (C=O) groups is 1. The molecule has 31 heavy (non-hydrogen) atoms. The van der Waals surface area contributed by atoms with Gasteiger partial charge in [-0.2, -0.15) is 0 Å². The summed E-state index contributed by atoms with van der Waals surface area (Å²) >= 11 is 6.32. The number of aromatic amines is 1. The average molecular weight is 440 g/mol. The van der Waals surface area contributed by atoms with Crippen LogP contribution in [0.25, 0.3) is 11.0 Å². The Morgan fingerprint density at radius 2 is 1.74 bits per heavy atom. The molecule has 3 heterocycles. The second-order valence-electron chi connectivity index (χ2n) is 8.37. The molecular formula is C23H26ClN5O2. The van der Waals surface area contributed by atoms with E-state index in [1.54, 1.807) is 4.57 Å². The maximum absolute atomic E-state index is 12.8. The lowest BCUT2D eigenvalue weighted by molar-refractivity contribution is -0.125. The number of imidazole rings is 1. The van der Waals surface area contributed by atoms with Crippen LogP contribution >= 0.6 is 11.6 Å². The van der Waals surface area contributed by atoms with Crippen molar-refractivity contribution in [2.24, 2.45) is 0 Å². The lowest BCUT2D eigenvalue weighted by atomic mass is 9.85. The van der Waals surface area contributed by atoms with Crippen LogP contribution in [0.5, 0.6) is 0 Å². The number of nitrogens with zero attached hydrogens (tertiary/aromatic N) is 3. The molecule has 0 atom stereocenters. The normalized spacial score (nSPS) is 18.7. The first kappa shape index (κ1) is 20.2. The highest BCUT2D eigenvalue weighted by molar-refractivity contribution is 6.34. The quantitative estimate of drug-likeness (QED) is 0.641. The van der Waals surface area contributed by atoms with Gasteiger partial charge in [-0.05, 0) is 50.1 Å². The van der Waals surface area contributed by atoms with Gasteiger partial charge in [0.2, 0.25) is 5.91 Å². The third-order valence-corrected chi connectivity index (χ3v) is 6.99. The van der Waals surface area contributed by atoms with Crippen molar-refractivity contribution < 1.29 is 4.79 Å². The number of para-hydroxylation sites is 2. The van der Waals surface area contributed by atoms with Crippen LogP contribution in [0.2, 0.25) is 5.02 Å². The third kappa shape index (κ3) is 3.51. The molecule has 2 N–H and O–H groups in total. The summed E-state index contributed by atoms with van der Waals surface area (Å²) < 4.78 is 1.73. The molecule has 0 saturated carbocycles. The molecule has 1 spiro atoms. The number of hydrogen-bond donors (Lipinski definition) is 2. The molecule has 2 aliphatic rings. The van der Waals surface area contributed by atoms with Crippen LogP contribution < -0.4 is 15.9 Å². The van der Waals surface area contributed by atoms with Crippen LogP contribution in [0.15, 0.2) is 53.3 Å². The zero-order valence-electron chi connectivity index (χ0n) is 17.3. The van der Waals surface area contributed by atoms with Gasteiger partial charge < -0.3 is 20.1 Å². The fraction of sp³-hybridized carbons (Fsp3) is 0.391. The number of halogens is 1. The standard InChI is InChI=1S/C23H26ClN5O2/c24-18-8-4-9-19-20(18)28(22(31)26-19)13-5-12-27-14-10-23(11-15-27)21(30)25-16-29(23)17-6-2-1-3-7-17/h1-4,6-9H,5,10-16H2,(H,25,30)(H,26,31). The van der Waals surface area contributed by atoms with Crippen molar-refractivity contribution in [3.63, 3.8) is 0 Å². The number of aromatic nitrogens is 2. The number of piperidine rings is 1. The second-order valence-corrected chi connectivity index (χ2v) is 8.78. The summed E-state index contributed by atoms with van der Waals surface area (Å²) in [5, 5.41) is 3.64. The number of fused-ring (bicyclic) bond motifs is 1. The third-order valence-electron chi connectivity index (χ3n) is 6.69. The van der Waals surface area contributed by atoms with Gasteiger partial charge in [-0.1, -0.05) is 35.9 Å². The minimum absolute atomic E-state index is 0.123. The number of H-pyrrole nitrogens is 1. The van der Waals surface area contributed by atoms with E-state index in [0.29, 0.717) is 18.2 Å². The molecule has 2 aliphatic heterocycles. The number of nitrogens with one attached hydrogen (secondary N) is 2. The van der Waals surface area contributed by atoms with Gasteiger partial charge in [0.05, 0.1) is 22.7 Å². The summed E-state index contributed by atoms with van der Waals surface area (Å²) in [5.41, 5.74) is 2.05. The molecule has 1 aromatic heterocycles. The molecule has 7 nitrogen and oxygen atoms in total. The molecule has 0 unspecified atom stereocenters. The molecule has 8 heteroatoms. The van der Waals surface area contributed by atoms with Crippen molar-refractivity contribution >= 4 is 34.2 Å². The lowest BCUT2D eigenvalue weighted by Gasteiger charge is -2.43. The van der Waals surface area contributed by atoms with Gasteiger partial charge in [0.1, 0.15) is 5.54 Å². The van der Waals surface area contributed by atoms with Gasteiger partial charge in [-0.3, -0.25) is 9.36 Å². The first-order valence-corrected chi connectivity index (χ1v) is 11.2. The molecular weight excluding hydrogens is 414 g/mol. The van der Waals surface area contributed by atoms with E-state index in [-0.39, 0.29) is 11.6 Å². The fourth-order valence-electron chi connectivity index (χ4n) is 5.02. The summed E-state index contributed by atoms with van der Waals surface area (Å²) in [6, 6.07) is 15.7. The van der Waals surface area contributed by atoms with E-state index in [1.807, 2.05) is 36.4 Å². The smallest absolute Gasteiger partial charge is 0.326 e. The van der Waals surface area contributed by atoms with Gasteiger partial charge in [-0.15, -0.1) is 0 Å². The van der Waals surface area contributed by atoms with E-state index in [4.69, 9.17) is 11.6 Å². The maximum Gasteiger partial charge on any atom is 0.326 e. The van der Waals surface area contributed by atoms with E-state index in [0.717, 1.165) is 55.6 Å². The van der Waals surface area contributed by atoms with Crippen molar-refractivity contribution in [2.45, 2.75) is 31.3 Å². The van der Waals surface area contributed by atoms with Crippen molar-refractivity contribution in [3.05, 3.63) is 64.0 Å². The summed E-state index contributed by atoms with van der Waals surface area (Å²) in [4.78, 5) is 32.6. The molecule has 162 valence electrons. The predicted octanol–water partition coefficient (Wildman–Crippen LogP) is 2.80. The SMILES string of the molecule is O=C1NCN(c2ccccc2)C12CCN(CCCn1c(=O)[nH]c3cccc(Cl)c31)CC2. The Kier molecular flexibility index (Phi) is 5.24. The van der Waals surface area contributed by atoms with Crippen molar-refractivity contribution in [1.29, 1.82) is 0 Å². The highest BCUT2D eigenvalue weighted by Crippen LogP contribution is 2.36. The molecule has 2 saturated heterocycles. The second kappa shape index (κ2) is 8.05. The minimum atomic E-state index is -0.459. The summed E-state index contributed by atoms with van der Waals surface area (Å²) in [5.74, 6) is 0.135. The van der Waals surface area contributed by atoms with Gasteiger partial charge in [0, 0.05) is 25.3 Å². The van der Waals surface area contributed by atoms with Gasteiger partial charge in [0.15, 0.2) is 0 Å². The molecule has 3 aromatic rings. The Hall–Kier alpha value is -2.77. The number of rotatable bonds is 5. The highest BCUT2D eigenvalue weighted by atomic mass is 35.5. The molecule has 5 rings (SSSR count). The van der Waals surface area contributed by atoms with Crippen molar-refractivity contribution in [2.75, 3.05) is 31.2 Å². The first-order chi connectivity index (χ1) is 15.1. The molecule has 2 fully saturated rings. The van der Waals surface area contributed by atoms with E-state index in [1.165, 1.54) is 0 Å². The topological polar surface area (TPSA) is 73.4 Å². The lowest BCUT2D eigenvalue weighted by Crippen LogP contribution is -2.56. The van der Waals surface area contributed by atoms with Gasteiger partial charge in [0.25, 0.3) is 0 Å². The average Bonchev–Trinajstić information content (AvgIpc) is 3.28. The van der Waals surface area contributed by atoms with Crippen molar-refractivity contribution in [3.8, 4) is 0 Å². The number of aryl methyl sites for hydroxylation is 1.